The highest BCUT2D eigenvalue weighted by atomic mass is 16.6. The number of anilines is 2. The molecule has 0 fully saturated rings. The molecule has 0 saturated heterocycles. The minimum atomic E-state index is -1.91. The zero-order valence-electron chi connectivity index (χ0n) is 30.5. The average molecular weight is 755 g/mol. The van der Waals surface area contributed by atoms with Gasteiger partial charge in [0.1, 0.15) is 37.2 Å². The van der Waals surface area contributed by atoms with E-state index in [1.165, 1.54) is 35.5 Å². The molecule has 0 radical (unpaired) electrons. The van der Waals surface area contributed by atoms with E-state index in [4.69, 9.17) is 28.7 Å². The van der Waals surface area contributed by atoms with Crippen molar-refractivity contribution in [3.63, 3.8) is 0 Å². The molecule has 4 aromatic heterocycles. The summed E-state index contributed by atoms with van der Waals surface area (Å²) in [6.45, 7) is 3.28. The molecular weight excluding hydrogens is 716 g/mol. The number of amides is 2. The topological polar surface area (TPSA) is 203 Å². The molecule has 17 heteroatoms. The highest BCUT2D eigenvalue weighted by molar-refractivity contribution is 6.05. The quantitative estimate of drug-likeness (QED) is 0.145. The smallest absolute Gasteiger partial charge is 0.355 e. The highest BCUT2D eigenvalue weighted by Gasteiger charge is 2.45. The number of carbonyl (C=O) groups is 4. The number of cyclic esters (lactones) is 1. The number of carbonyl (C=O) groups excluding carboxylic acids is 4. The molecule has 1 aromatic carbocycles. The van der Waals surface area contributed by atoms with E-state index < -0.39 is 29.4 Å². The van der Waals surface area contributed by atoms with E-state index in [9.17, 15) is 29.1 Å². The molecule has 2 aliphatic rings. The van der Waals surface area contributed by atoms with Gasteiger partial charge in [-0.1, -0.05) is 6.92 Å². The first-order valence-corrected chi connectivity index (χ1v) is 17.4. The van der Waals surface area contributed by atoms with E-state index in [-0.39, 0.29) is 74.3 Å². The Morgan fingerprint density at radius 1 is 0.945 bits per heavy atom. The standard InChI is InChI=1S/C38H38N6O11/c1-5-38(50)27-13-29-33-22(14-44(29)35(47)26(27)17-55-37(38)49)9-21-10-25(7-8-28(21)41-33)54-18-32(45)39-23-11-30(42(15-23)19-51-3)34(46)40-24-12-31(36(48)53-6-2)43(16-24)20-52-4/h7-13,15-16,50H,5-6,14,17-20H2,1-4H3,(H,39,45)(H,40,46). The number of ether oxygens (including phenoxy) is 5. The van der Waals surface area contributed by atoms with Crippen LogP contribution in [0.5, 0.6) is 5.75 Å². The van der Waals surface area contributed by atoms with Crippen molar-refractivity contribution in [3.05, 3.63) is 93.3 Å². The van der Waals surface area contributed by atoms with Gasteiger partial charge in [0.05, 0.1) is 47.0 Å². The SMILES string of the molecule is CCOC(=O)c1cc(NC(=O)c2cc(NC(=O)COc3ccc4nc5c(cc4c3)Cn3c-5cc4c(c3=O)COC(=O)C4(O)CC)cn2COC)cn1COC. The number of aromatic nitrogens is 4. The molecule has 3 N–H and O–H groups in total. The summed E-state index contributed by atoms with van der Waals surface area (Å²) in [6.07, 6.45) is 3.14. The number of pyridine rings is 2. The molecule has 0 bridgehead atoms. The first kappa shape index (κ1) is 37.0. The van der Waals surface area contributed by atoms with Gasteiger partial charge in [-0.05, 0) is 55.8 Å². The number of methoxy groups -OCH3 is 2. The van der Waals surface area contributed by atoms with Crippen LogP contribution in [0.4, 0.5) is 11.4 Å². The van der Waals surface area contributed by atoms with E-state index in [2.05, 4.69) is 10.6 Å². The molecule has 6 heterocycles. The molecule has 5 aromatic rings. The van der Waals surface area contributed by atoms with Crippen LogP contribution in [0, 0.1) is 0 Å². The lowest BCUT2D eigenvalue weighted by Gasteiger charge is -2.31. The molecule has 0 saturated carbocycles. The van der Waals surface area contributed by atoms with E-state index in [0.717, 1.165) is 5.56 Å². The van der Waals surface area contributed by atoms with Crippen LogP contribution in [0.15, 0.2) is 59.7 Å². The minimum absolute atomic E-state index is 0.0137. The maximum Gasteiger partial charge on any atom is 0.355 e. The molecule has 286 valence electrons. The second kappa shape index (κ2) is 14.8. The van der Waals surface area contributed by atoms with Gasteiger partial charge in [0, 0.05) is 43.1 Å². The van der Waals surface area contributed by atoms with Crippen LogP contribution >= 0.6 is 0 Å². The second-order valence-corrected chi connectivity index (χ2v) is 13.0. The number of aliphatic hydroxyl groups is 1. The monoisotopic (exact) mass is 754 g/mol. The predicted molar refractivity (Wildman–Crippen MR) is 195 cm³/mol. The number of nitrogens with one attached hydrogen (secondary N) is 2. The van der Waals surface area contributed by atoms with Crippen molar-refractivity contribution in [3.8, 4) is 17.1 Å². The van der Waals surface area contributed by atoms with Crippen LogP contribution < -0.4 is 20.9 Å². The fourth-order valence-corrected chi connectivity index (χ4v) is 6.81. The van der Waals surface area contributed by atoms with Gasteiger partial charge in [-0.25, -0.2) is 14.6 Å². The number of hydrogen-bond donors (Lipinski definition) is 3. The Labute approximate surface area is 313 Å². The molecule has 2 aliphatic heterocycles. The van der Waals surface area contributed by atoms with E-state index in [1.54, 1.807) is 55.1 Å². The van der Waals surface area contributed by atoms with Crippen molar-refractivity contribution in [2.24, 2.45) is 0 Å². The lowest BCUT2D eigenvalue weighted by Crippen LogP contribution is -2.44. The number of esters is 2. The van der Waals surface area contributed by atoms with Crippen LogP contribution in [0.2, 0.25) is 0 Å². The van der Waals surface area contributed by atoms with Gasteiger partial charge in [-0.15, -0.1) is 0 Å². The normalized spacial score (nSPS) is 15.5. The Balaban J connectivity index is 1.04. The summed E-state index contributed by atoms with van der Waals surface area (Å²) >= 11 is 0. The molecular formula is C38H38N6O11. The third-order valence-corrected chi connectivity index (χ3v) is 9.44. The van der Waals surface area contributed by atoms with Crippen LogP contribution in [-0.4, -0.2) is 75.0 Å². The fourth-order valence-electron chi connectivity index (χ4n) is 6.81. The number of hydrogen-bond acceptors (Lipinski definition) is 12. The third kappa shape index (κ3) is 6.84. The number of nitrogens with zero attached hydrogens (tertiary/aromatic N) is 4. The van der Waals surface area contributed by atoms with Crippen molar-refractivity contribution < 1.29 is 48.0 Å². The Morgan fingerprint density at radius 2 is 1.65 bits per heavy atom. The zero-order chi connectivity index (χ0) is 39.0. The third-order valence-electron chi connectivity index (χ3n) is 9.44. The first-order valence-electron chi connectivity index (χ1n) is 17.4. The van der Waals surface area contributed by atoms with E-state index in [0.29, 0.717) is 39.4 Å². The molecule has 7 rings (SSSR count). The van der Waals surface area contributed by atoms with Crippen molar-refractivity contribution in [1.29, 1.82) is 0 Å². The van der Waals surface area contributed by atoms with Gasteiger partial charge >= 0.3 is 11.9 Å². The molecule has 1 atom stereocenters. The lowest BCUT2D eigenvalue weighted by atomic mass is 9.86. The minimum Gasteiger partial charge on any atom is -0.484 e. The largest absolute Gasteiger partial charge is 0.484 e. The van der Waals surface area contributed by atoms with Crippen LogP contribution in [0.25, 0.3) is 22.3 Å². The molecule has 2 amide bonds. The van der Waals surface area contributed by atoms with Crippen molar-refractivity contribution >= 4 is 46.0 Å². The summed E-state index contributed by atoms with van der Waals surface area (Å²) in [5, 5.41) is 17.3. The van der Waals surface area contributed by atoms with Crippen LogP contribution in [-0.2, 0) is 60.8 Å². The Bertz CT molecular complexity index is 2430. The van der Waals surface area contributed by atoms with Crippen LogP contribution in [0.1, 0.15) is 57.9 Å². The summed E-state index contributed by atoms with van der Waals surface area (Å²) in [6, 6.07) is 11.6. The summed E-state index contributed by atoms with van der Waals surface area (Å²) in [7, 11) is 2.94. The Kier molecular flexibility index (Phi) is 10.00. The number of fused-ring (bicyclic) bond motifs is 5. The van der Waals surface area contributed by atoms with Crippen LogP contribution in [0.3, 0.4) is 0 Å². The Hall–Kier alpha value is -6.30. The number of rotatable bonds is 13. The van der Waals surface area contributed by atoms with Crippen molar-refractivity contribution in [2.45, 2.75) is 52.5 Å². The van der Waals surface area contributed by atoms with Crippen molar-refractivity contribution in [2.75, 3.05) is 38.1 Å². The summed E-state index contributed by atoms with van der Waals surface area (Å²) in [5.41, 5.74) is 1.70. The lowest BCUT2D eigenvalue weighted by molar-refractivity contribution is -0.172. The summed E-state index contributed by atoms with van der Waals surface area (Å²) < 4.78 is 31.0. The summed E-state index contributed by atoms with van der Waals surface area (Å²) in [5.74, 6) is -1.96. The van der Waals surface area contributed by atoms with E-state index in [1.807, 2.05) is 6.07 Å². The predicted octanol–water partition coefficient (Wildman–Crippen LogP) is 3.34. The highest BCUT2D eigenvalue weighted by Crippen LogP contribution is 2.39. The van der Waals surface area contributed by atoms with Gasteiger partial charge in [-0.3, -0.25) is 14.4 Å². The average Bonchev–Trinajstić information content (AvgIpc) is 3.87. The maximum atomic E-state index is 13.5. The molecule has 0 aliphatic carbocycles. The fraction of sp³-hybridized carbons (Fsp3) is 0.316. The van der Waals surface area contributed by atoms with Gasteiger partial charge in [0.2, 0.25) is 0 Å². The van der Waals surface area contributed by atoms with Gasteiger partial charge < -0.3 is 53.1 Å². The van der Waals surface area contributed by atoms with Gasteiger partial charge in [0.25, 0.3) is 17.4 Å². The zero-order valence-corrected chi connectivity index (χ0v) is 30.5. The van der Waals surface area contributed by atoms with Gasteiger partial charge in [-0.2, -0.15) is 0 Å². The maximum absolute atomic E-state index is 13.5. The Morgan fingerprint density at radius 3 is 2.36 bits per heavy atom. The molecule has 0 spiro atoms. The van der Waals surface area contributed by atoms with E-state index >= 15 is 0 Å². The molecule has 17 nitrogen and oxygen atoms in total. The number of benzene rings is 1. The molecule has 1 unspecified atom stereocenters. The first-order chi connectivity index (χ1) is 26.5. The summed E-state index contributed by atoms with van der Waals surface area (Å²) in [4.78, 5) is 69.5. The second-order valence-electron chi connectivity index (χ2n) is 13.0. The van der Waals surface area contributed by atoms with Gasteiger partial charge in [0.15, 0.2) is 12.2 Å². The molecule has 55 heavy (non-hydrogen) atoms. The van der Waals surface area contributed by atoms with Crippen molar-refractivity contribution in [1.82, 2.24) is 18.7 Å².